The maximum absolute atomic E-state index is 5.63. The van der Waals surface area contributed by atoms with Crippen LogP contribution in [0.3, 0.4) is 0 Å². The number of thiophene rings is 1. The van der Waals surface area contributed by atoms with Crippen molar-refractivity contribution in [2.75, 3.05) is 13.2 Å². The number of halogens is 1. The van der Waals surface area contributed by atoms with Crippen LogP contribution in [0.5, 0.6) is 11.5 Å². The van der Waals surface area contributed by atoms with Gasteiger partial charge < -0.3 is 14.8 Å². The van der Waals surface area contributed by atoms with E-state index in [1.807, 2.05) is 17.4 Å². The molecule has 1 aromatic carbocycles. The molecule has 106 valence electrons. The fourth-order valence-electron chi connectivity index (χ4n) is 2.18. The van der Waals surface area contributed by atoms with Crippen molar-refractivity contribution in [2.45, 2.75) is 20.0 Å². The molecule has 0 bridgehead atoms. The minimum absolute atomic E-state index is 0.612. The monoisotopic (exact) mass is 353 g/mol. The Morgan fingerprint density at radius 1 is 1.20 bits per heavy atom. The number of rotatable bonds is 4. The van der Waals surface area contributed by atoms with Crippen molar-refractivity contribution in [2.24, 2.45) is 0 Å². The van der Waals surface area contributed by atoms with Gasteiger partial charge in [-0.1, -0.05) is 0 Å². The summed E-state index contributed by atoms with van der Waals surface area (Å²) in [6, 6.07) is 8.46. The standard InChI is InChI=1S/C15H16BrNO2S/c1-10-2-3-12(20-10)9-17-8-11-6-13(16)15-14(7-11)18-4-5-19-15/h2-3,6-7,17H,4-5,8-9H2,1H3. The largest absolute Gasteiger partial charge is 0.486 e. The van der Waals surface area contributed by atoms with Crippen LogP contribution in [0.1, 0.15) is 15.3 Å². The summed E-state index contributed by atoms with van der Waals surface area (Å²) in [7, 11) is 0. The van der Waals surface area contributed by atoms with Crippen molar-refractivity contribution >= 4 is 27.3 Å². The summed E-state index contributed by atoms with van der Waals surface area (Å²) in [5, 5.41) is 3.46. The van der Waals surface area contributed by atoms with Gasteiger partial charge in [0, 0.05) is 22.8 Å². The van der Waals surface area contributed by atoms with Crippen LogP contribution in [0, 0.1) is 6.92 Å². The average molecular weight is 354 g/mol. The number of hydrogen-bond acceptors (Lipinski definition) is 4. The predicted octanol–water partition coefficient (Wildman–Crippen LogP) is 3.88. The molecule has 1 aliphatic rings. The molecule has 0 radical (unpaired) electrons. The summed E-state index contributed by atoms with van der Waals surface area (Å²) in [5.74, 6) is 1.64. The molecule has 20 heavy (non-hydrogen) atoms. The van der Waals surface area contributed by atoms with Crippen LogP contribution in [-0.4, -0.2) is 13.2 Å². The second-order valence-electron chi connectivity index (χ2n) is 4.72. The molecule has 1 aromatic heterocycles. The minimum atomic E-state index is 0.612. The number of ether oxygens (including phenoxy) is 2. The second-order valence-corrected chi connectivity index (χ2v) is 6.94. The number of aryl methyl sites for hydroxylation is 1. The van der Waals surface area contributed by atoms with Crippen molar-refractivity contribution in [1.29, 1.82) is 0 Å². The Hall–Kier alpha value is -1.04. The molecule has 0 saturated carbocycles. The van der Waals surface area contributed by atoms with E-state index < -0.39 is 0 Å². The first-order chi connectivity index (χ1) is 9.72. The molecule has 0 fully saturated rings. The van der Waals surface area contributed by atoms with Gasteiger partial charge in [0.1, 0.15) is 13.2 Å². The van der Waals surface area contributed by atoms with Crippen molar-refractivity contribution in [1.82, 2.24) is 5.32 Å². The Morgan fingerprint density at radius 2 is 2.05 bits per heavy atom. The maximum Gasteiger partial charge on any atom is 0.175 e. The zero-order valence-electron chi connectivity index (χ0n) is 11.2. The van der Waals surface area contributed by atoms with E-state index in [1.165, 1.54) is 15.3 Å². The van der Waals surface area contributed by atoms with Crippen LogP contribution in [-0.2, 0) is 13.1 Å². The average Bonchev–Trinajstić information content (AvgIpc) is 2.85. The minimum Gasteiger partial charge on any atom is -0.486 e. The lowest BCUT2D eigenvalue weighted by atomic mass is 10.2. The molecule has 5 heteroatoms. The first-order valence-corrected chi connectivity index (χ1v) is 8.17. The van der Waals surface area contributed by atoms with E-state index in [0.717, 1.165) is 29.1 Å². The van der Waals surface area contributed by atoms with Crippen LogP contribution < -0.4 is 14.8 Å². The maximum atomic E-state index is 5.63. The SMILES string of the molecule is Cc1ccc(CNCc2cc(Br)c3c(c2)OCCO3)s1. The van der Waals surface area contributed by atoms with Crippen LogP contribution in [0.4, 0.5) is 0 Å². The zero-order chi connectivity index (χ0) is 13.9. The number of nitrogens with one attached hydrogen (secondary N) is 1. The Kier molecular flexibility index (Phi) is 4.29. The van der Waals surface area contributed by atoms with Crippen LogP contribution >= 0.6 is 27.3 Å². The van der Waals surface area contributed by atoms with Gasteiger partial charge in [-0.05, 0) is 52.7 Å². The second kappa shape index (κ2) is 6.16. The van der Waals surface area contributed by atoms with Gasteiger partial charge in [0.25, 0.3) is 0 Å². The fourth-order valence-corrected chi connectivity index (χ4v) is 3.64. The van der Waals surface area contributed by atoms with E-state index in [0.29, 0.717) is 13.2 Å². The molecule has 3 nitrogen and oxygen atoms in total. The summed E-state index contributed by atoms with van der Waals surface area (Å²) < 4.78 is 12.2. The van der Waals surface area contributed by atoms with E-state index in [4.69, 9.17) is 9.47 Å². The summed E-state index contributed by atoms with van der Waals surface area (Å²) >= 11 is 5.37. The summed E-state index contributed by atoms with van der Waals surface area (Å²) in [6.07, 6.45) is 0. The summed E-state index contributed by atoms with van der Waals surface area (Å²) in [4.78, 5) is 2.71. The Balaban J connectivity index is 1.64. The van der Waals surface area contributed by atoms with E-state index in [1.54, 1.807) is 0 Å². The molecule has 0 unspecified atom stereocenters. The third kappa shape index (κ3) is 3.16. The molecule has 1 aliphatic heterocycles. The van der Waals surface area contributed by atoms with E-state index in [2.05, 4.69) is 46.4 Å². The zero-order valence-corrected chi connectivity index (χ0v) is 13.6. The van der Waals surface area contributed by atoms with Gasteiger partial charge >= 0.3 is 0 Å². The third-order valence-corrected chi connectivity index (χ3v) is 4.67. The van der Waals surface area contributed by atoms with Crippen LogP contribution in [0.15, 0.2) is 28.7 Å². The highest BCUT2D eigenvalue weighted by molar-refractivity contribution is 9.10. The predicted molar refractivity (Wildman–Crippen MR) is 84.7 cm³/mol. The molecule has 1 N–H and O–H groups in total. The first-order valence-electron chi connectivity index (χ1n) is 6.56. The molecular formula is C15H16BrNO2S. The lowest BCUT2D eigenvalue weighted by Crippen LogP contribution is -2.17. The summed E-state index contributed by atoms with van der Waals surface area (Å²) in [5.41, 5.74) is 1.19. The highest BCUT2D eigenvalue weighted by Gasteiger charge is 2.16. The number of benzene rings is 1. The van der Waals surface area contributed by atoms with Crippen molar-refractivity contribution in [3.05, 3.63) is 44.1 Å². The van der Waals surface area contributed by atoms with E-state index >= 15 is 0 Å². The van der Waals surface area contributed by atoms with Gasteiger partial charge in [0.2, 0.25) is 0 Å². The molecular weight excluding hydrogens is 338 g/mol. The lowest BCUT2D eigenvalue weighted by molar-refractivity contribution is 0.170. The van der Waals surface area contributed by atoms with Gasteiger partial charge in [-0.15, -0.1) is 11.3 Å². The fraction of sp³-hybridized carbons (Fsp3) is 0.333. The summed E-state index contributed by atoms with van der Waals surface area (Å²) in [6.45, 7) is 5.06. The van der Waals surface area contributed by atoms with Crippen molar-refractivity contribution in [3.63, 3.8) is 0 Å². The molecule has 2 heterocycles. The van der Waals surface area contributed by atoms with E-state index in [-0.39, 0.29) is 0 Å². The molecule has 2 aromatic rings. The highest BCUT2D eigenvalue weighted by atomic mass is 79.9. The first kappa shape index (κ1) is 13.9. The normalized spacial score (nSPS) is 13.5. The van der Waals surface area contributed by atoms with Crippen molar-refractivity contribution < 1.29 is 9.47 Å². The molecule has 3 rings (SSSR count). The molecule has 0 saturated heterocycles. The Morgan fingerprint density at radius 3 is 2.85 bits per heavy atom. The quantitative estimate of drug-likeness (QED) is 0.904. The highest BCUT2D eigenvalue weighted by Crippen LogP contribution is 2.38. The smallest absolute Gasteiger partial charge is 0.175 e. The third-order valence-electron chi connectivity index (χ3n) is 3.08. The molecule has 0 amide bonds. The Bertz CT molecular complexity index is 612. The number of hydrogen-bond donors (Lipinski definition) is 1. The lowest BCUT2D eigenvalue weighted by Gasteiger charge is -2.20. The van der Waals surface area contributed by atoms with Gasteiger partial charge in [0.15, 0.2) is 11.5 Å². The molecule has 0 atom stereocenters. The van der Waals surface area contributed by atoms with Crippen LogP contribution in [0.25, 0.3) is 0 Å². The van der Waals surface area contributed by atoms with Gasteiger partial charge in [-0.25, -0.2) is 0 Å². The number of fused-ring (bicyclic) bond motifs is 1. The van der Waals surface area contributed by atoms with Gasteiger partial charge in [-0.3, -0.25) is 0 Å². The molecule has 0 aliphatic carbocycles. The topological polar surface area (TPSA) is 30.5 Å². The van der Waals surface area contributed by atoms with Gasteiger partial charge in [-0.2, -0.15) is 0 Å². The Labute approximate surface area is 131 Å². The molecule has 0 spiro atoms. The van der Waals surface area contributed by atoms with Gasteiger partial charge in [0.05, 0.1) is 4.47 Å². The van der Waals surface area contributed by atoms with Crippen LogP contribution in [0.2, 0.25) is 0 Å². The van der Waals surface area contributed by atoms with E-state index in [9.17, 15) is 0 Å². The van der Waals surface area contributed by atoms with Crippen molar-refractivity contribution in [3.8, 4) is 11.5 Å².